The van der Waals surface area contributed by atoms with Crippen molar-refractivity contribution in [3.05, 3.63) is 34.2 Å². The third-order valence-corrected chi connectivity index (χ3v) is 4.10. The van der Waals surface area contributed by atoms with E-state index < -0.39 is 29.1 Å². The molecule has 2 rings (SSSR count). The van der Waals surface area contributed by atoms with E-state index in [0.29, 0.717) is 29.7 Å². The molecule has 0 aliphatic carbocycles. The molecule has 31 heavy (non-hydrogen) atoms. The summed E-state index contributed by atoms with van der Waals surface area (Å²) in [5.74, 6) is 0. The number of imidazole rings is 1. The maximum atomic E-state index is 12.8. The molecule has 9 nitrogen and oxygen atoms in total. The Balaban J connectivity index is 2.43. The van der Waals surface area contributed by atoms with Gasteiger partial charge in [-0.25, -0.2) is 14.4 Å². The van der Waals surface area contributed by atoms with Crippen LogP contribution in [0.15, 0.2) is 28.1 Å². The Morgan fingerprint density at radius 1 is 1.03 bits per heavy atom. The lowest BCUT2D eigenvalue weighted by atomic mass is 10.2. The quantitative estimate of drug-likeness (QED) is 0.533. The van der Waals surface area contributed by atoms with Crippen molar-refractivity contribution in [1.29, 1.82) is 0 Å². The van der Waals surface area contributed by atoms with Gasteiger partial charge in [0.05, 0.1) is 17.2 Å². The Morgan fingerprint density at radius 2 is 1.65 bits per heavy atom. The van der Waals surface area contributed by atoms with Gasteiger partial charge >= 0.3 is 17.9 Å². The highest BCUT2D eigenvalue weighted by molar-refractivity contribution is 5.92. The number of hydrazone groups is 1. The number of hydrogen-bond acceptors (Lipinski definition) is 6. The van der Waals surface area contributed by atoms with Crippen LogP contribution in [0.25, 0.3) is 11.0 Å². The van der Waals surface area contributed by atoms with Gasteiger partial charge in [0.2, 0.25) is 0 Å². The molecule has 1 amide bonds. The number of fused-ring (bicyclic) bond motifs is 1. The summed E-state index contributed by atoms with van der Waals surface area (Å²) in [6.07, 6.45) is 0.245. The van der Waals surface area contributed by atoms with Crippen molar-refractivity contribution in [2.75, 3.05) is 6.54 Å². The van der Waals surface area contributed by atoms with E-state index in [2.05, 4.69) is 5.10 Å². The van der Waals surface area contributed by atoms with Crippen molar-refractivity contribution >= 4 is 29.4 Å². The van der Waals surface area contributed by atoms with Crippen LogP contribution in [0.3, 0.4) is 0 Å². The molecule has 0 aliphatic heterocycles. The first-order chi connectivity index (χ1) is 14.3. The van der Waals surface area contributed by atoms with Gasteiger partial charge in [0.15, 0.2) is 0 Å². The Kier molecular flexibility index (Phi) is 6.98. The minimum atomic E-state index is -0.727. The highest BCUT2D eigenvalue weighted by atomic mass is 16.6. The average molecular weight is 433 g/mol. The standard InChI is InChI=1S/C22H32N4O5/c1-9-24-17-13-15(14-23-25(10-2)19(28)30-21(3,4)5)11-12-16(17)26(18(24)27)20(29)31-22(6,7)8/h11-14H,9-10H2,1-8H3/b23-14+. The van der Waals surface area contributed by atoms with Crippen molar-refractivity contribution in [1.82, 2.24) is 14.1 Å². The average Bonchev–Trinajstić information content (AvgIpc) is 2.89. The van der Waals surface area contributed by atoms with Crippen LogP contribution < -0.4 is 5.69 Å². The smallest absolute Gasteiger partial charge is 0.430 e. The molecule has 0 unspecified atom stereocenters. The molecule has 0 radical (unpaired) electrons. The highest BCUT2D eigenvalue weighted by Crippen LogP contribution is 2.18. The zero-order valence-electron chi connectivity index (χ0n) is 19.6. The van der Waals surface area contributed by atoms with Gasteiger partial charge in [-0.2, -0.15) is 14.7 Å². The van der Waals surface area contributed by atoms with Gasteiger partial charge in [-0.15, -0.1) is 0 Å². The number of ether oxygens (including phenoxy) is 2. The molecule has 0 saturated carbocycles. The minimum Gasteiger partial charge on any atom is -0.443 e. The van der Waals surface area contributed by atoms with Crippen LogP contribution in [0, 0.1) is 0 Å². The molecule has 9 heteroatoms. The summed E-state index contributed by atoms with van der Waals surface area (Å²) < 4.78 is 13.3. The third-order valence-electron chi connectivity index (χ3n) is 4.10. The summed E-state index contributed by atoms with van der Waals surface area (Å²) in [4.78, 5) is 37.7. The Hall–Kier alpha value is -3.10. The fourth-order valence-corrected chi connectivity index (χ4v) is 2.85. The van der Waals surface area contributed by atoms with Crippen LogP contribution >= 0.6 is 0 Å². The summed E-state index contributed by atoms with van der Waals surface area (Å²) in [5.41, 5.74) is -0.140. The number of aromatic nitrogens is 2. The number of aryl methyl sites for hydroxylation is 1. The summed E-state index contributed by atoms with van der Waals surface area (Å²) >= 11 is 0. The van der Waals surface area contributed by atoms with Crippen LogP contribution in [0.4, 0.5) is 9.59 Å². The van der Waals surface area contributed by atoms with E-state index in [1.807, 2.05) is 6.92 Å². The zero-order chi connectivity index (χ0) is 23.6. The van der Waals surface area contributed by atoms with Crippen LogP contribution in [0.2, 0.25) is 0 Å². The second kappa shape index (κ2) is 8.95. The van der Waals surface area contributed by atoms with E-state index in [1.54, 1.807) is 66.7 Å². The van der Waals surface area contributed by atoms with E-state index in [4.69, 9.17) is 9.47 Å². The van der Waals surface area contributed by atoms with Crippen molar-refractivity contribution in [3.63, 3.8) is 0 Å². The third kappa shape index (κ3) is 5.96. The number of benzene rings is 1. The number of amides is 1. The highest BCUT2D eigenvalue weighted by Gasteiger charge is 2.24. The number of nitrogens with zero attached hydrogens (tertiary/aromatic N) is 4. The van der Waals surface area contributed by atoms with Gasteiger partial charge in [0.1, 0.15) is 11.2 Å². The molecular formula is C22H32N4O5. The van der Waals surface area contributed by atoms with Gasteiger partial charge < -0.3 is 9.47 Å². The number of rotatable bonds is 4. The van der Waals surface area contributed by atoms with Crippen LogP contribution in [-0.2, 0) is 16.0 Å². The molecule has 0 aliphatic rings. The number of carbonyl (C=O) groups excluding carboxylic acids is 2. The Morgan fingerprint density at radius 3 is 2.16 bits per heavy atom. The molecular weight excluding hydrogens is 400 g/mol. The van der Waals surface area contributed by atoms with Crippen molar-refractivity contribution in [3.8, 4) is 0 Å². The molecule has 0 atom stereocenters. The minimum absolute atomic E-state index is 0.336. The Bertz CT molecular complexity index is 1050. The summed E-state index contributed by atoms with van der Waals surface area (Å²) in [6, 6.07) is 5.13. The van der Waals surface area contributed by atoms with Crippen molar-refractivity contribution in [2.45, 2.75) is 73.1 Å². The van der Waals surface area contributed by atoms with Crippen LogP contribution in [0.1, 0.15) is 61.0 Å². The maximum Gasteiger partial charge on any atom is 0.430 e. The van der Waals surface area contributed by atoms with E-state index in [0.717, 1.165) is 4.57 Å². The Labute approximate surface area is 182 Å². The van der Waals surface area contributed by atoms with E-state index in [-0.39, 0.29) is 0 Å². The second-order valence-electron chi connectivity index (χ2n) is 9.03. The van der Waals surface area contributed by atoms with Crippen LogP contribution in [-0.4, -0.2) is 50.3 Å². The largest absolute Gasteiger partial charge is 0.443 e. The van der Waals surface area contributed by atoms with Crippen LogP contribution in [0.5, 0.6) is 0 Å². The number of carbonyl (C=O) groups is 2. The lowest BCUT2D eigenvalue weighted by Gasteiger charge is -2.23. The monoisotopic (exact) mass is 432 g/mol. The van der Waals surface area contributed by atoms with Gasteiger partial charge in [-0.05, 0) is 73.1 Å². The number of hydrogen-bond donors (Lipinski definition) is 0. The summed E-state index contributed by atoms with van der Waals surface area (Å²) in [6.45, 7) is 14.9. The predicted octanol–water partition coefficient (Wildman–Crippen LogP) is 4.20. The molecule has 170 valence electrons. The fourth-order valence-electron chi connectivity index (χ4n) is 2.85. The van der Waals surface area contributed by atoms with E-state index >= 15 is 0 Å². The lowest BCUT2D eigenvalue weighted by Crippen LogP contribution is -2.34. The molecule has 0 fully saturated rings. The molecule has 0 bridgehead atoms. The second-order valence-corrected chi connectivity index (χ2v) is 9.03. The first-order valence-corrected chi connectivity index (χ1v) is 10.3. The molecule has 0 saturated heterocycles. The molecule has 1 heterocycles. The topological polar surface area (TPSA) is 95.1 Å². The molecule has 0 spiro atoms. The molecule has 1 aromatic heterocycles. The van der Waals surface area contributed by atoms with Gasteiger partial charge in [0, 0.05) is 13.1 Å². The first-order valence-electron chi connectivity index (χ1n) is 10.3. The van der Waals surface area contributed by atoms with Gasteiger partial charge in [-0.1, -0.05) is 6.07 Å². The van der Waals surface area contributed by atoms with E-state index in [1.165, 1.54) is 15.8 Å². The van der Waals surface area contributed by atoms with Crippen molar-refractivity contribution < 1.29 is 19.1 Å². The van der Waals surface area contributed by atoms with Gasteiger partial charge in [-0.3, -0.25) is 4.57 Å². The maximum absolute atomic E-state index is 12.8. The fraction of sp³-hybridized carbons (Fsp3) is 0.545. The summed E-state index contributed by atoms with van der Waals surface area (Å²) in [5, 5.41) is 5.44. The predicted molar refractivity (Wildman–Crippen MR) is 120 cm³/mol. The SMILES string of the molecule is CCN(/N=C/c1ccc2c(c1)n(CC)c(=O)n2C(=O)OC(C)(C)C)C(=O)OC(C)(C)C. The molecule has 1 aromatic carbocycles. The van der Waals surface area contributed by atoms with E-state index in [9.17, 15) is 14.4 Å². The lowest BCUT2D eigenvalue weighted by molar-refractivity contribution is 0.0266. The van der Waals surface area contributed by atoms with Gasteiger partial charge in [0.25, 0.3) is 0 Å². The zero-order valence-corrected chi connectivity index (χ0v) is 19.6. The van der Waals surface area contributed by atoms with Crippen molar-refractivity contribution in [2.24, 2.45) is 5.10 Å². The molecule has 0 N–H and O–H groups in total. The first kappa shape index (κ1) is 24.2. The molecule has 2 aromatic rings. The summed E-state index contributed by atoms with van der Waals surface area (Å²) in [7, 11) is 0. The normalized spacial score (nSPS) is 12.4.